The average Bonchev–Trinajstić information content (AvgIpc) is 2.75. The highest BCUT2D eigenvalue weighted by Crippen LogP contribution is 2.39. The van der Waals surface area contributed by atoms with Crippen LogP contribution in [0.2, 0.25) is 0 Å². The molecule has 0 atom stereocenters. The molecule has 3 aliphatic rings. The first-order chi connectivity index (χ1) is 15.5. The summed E-state index contributed by atoms with van der Waals surface area (Å²) in [6.07, 6.45) is -5.04. The zero-order valence-electron chi connectivity index (χ0n) is 17.7. The summed E-state index contributed by atoms with van der Waals surface area (Å²) in [5, 5.41) is 0. The molecule has 1 spiro atoms. The van der Waals surface area contributed by atoms with Crippen LogP contribution in [0.4, 0.5) is 22.0 Å². The van der Waals surface area contributed by atoms with Crippen molar-refractivity contribution in [2.45, 2.75) is 56.4 Å². The van der Waals surface area contributed by atoms with Gasteiger partial charge in [0.1, 0.15) is 6.54 Å². The number of hydrogen-bond acceptors (Lipinski definition) is 3. The smallest absolute Gasteiger partial charge is 0.339 e. The van der Waals surface area contributed by atoms with Crippen molar-refractivity contribution < 1.29 is 36.3 Å². The van der Waals surface area contributed by atoms with Gasteiger partial charge in [0.25, 0.3) is 5.91 Å². The number of rotatable bonds is 5. The Kier molecular flexibility index (Phi) is 6.09. The van der Waals surface area contributed by atoms with Gasteiger partial charge in [-0.05, 0) is 43.4 Å². The van der Waals surface area contributed by atoms with E-state index in [1.807, 2.05) is 0 Å². The Hall–Kier alpha value is -2.72. The van der Waals surface area contributed by atoms with Gasteiger partial charge in [0, 0.05) is 18.5 Å². The van der Waals surface area contributed by atoms with E-state index in [2.05, 4.69) is 0 Å². The molecule has 1 aliphatic carbocycles. The summed E-state index contributed by atoms with van der Waals surface area (Å²) in [5.74, 6) is -1.43. The molecule has 4 rings (SSSR count). The molecule has 2 aliphatic heterocycles. The molecular formula is C22H24F5N3O3. The third kappa shape index (κ3) is 4.29. The van der Waals surface area contributed by atoms with E-state index < -0.39 is 29.6 Å². The molecule has 0 radical (unpaired) electrons. The Labute approximate surface area is 187 Å². The monoisotopic (exact) mass is 473 g/mol. The maximum Gasteiger partial charge on any atom is 0.416 e. The van der Waals surface area contributed by atoms with Crippen LogP contribution >= 0.6 is 0 Å². The van der Waals surface area contributed by atoms with E-state index in [1.54, 1.807) is 0 Å². The van der Waals surface area contributed by atoms with Gasteiger partial charge in [-0.2, -0.15) is 13.2 Å². The third-order valence-electron chi connectivity index (χ3n) is 7.02. The van der Waals surface area contributed by atoms with Crippen LogP contribution in [0.3, 0.4) is 0 Å². The van der Waals surface area contributed by atoms with Crippen molar-refractivity contribution in [3.63, 3.8) is 0 Å². The SMILES string of the molecule is O=CN1CC2(C1)C(=O)N([C@H]1CC[C@H](C(F)F)CC1)CC(=O)N2Cc1ccc(C(F)(F)F)cc1. The van der Waals surface area contributed by atoms with Gasteiger partial charge in [-0.1, -0.05) is 12.1 Å². The van der Waals surface area contributed by atoms with Gasteiger partial charge in [-0.25, -0.2) is 8.78 Å². The number of nitrogens with zero attached hydrogens (tertiary/aromatic N) is 3. The zero-order valence-corrected chi connectivity index (χ0v) is 17.7. The molecule has 1 saturated carbocycles. The standard InChI is InChI=1S/C22H24F5N3O3/c23-19(24)15-3-7-17(8-4-15)29-10-18(32)30(21(20(29)33)11-28(12-21)13-31)9-14-1-5-16(6-2-14)22(25,26)27/h1-2,5-6,13,15,17,19H,3-4,7-12H2/t15-,17-. The molecule has 3 amide bonds. The first-order valence-electron chi connectivity index (χ1n) is 10.8. The Morgan fingerprint density at radius 2 is 1.64 bits per heavy atom. The quantitative estimate of drug-likeness (QED) is 0.488. The Morgan fingerprint density at radius 3 is 2.15 bits per heavy atom. The van der Waals surface area contributed by atoms with E-state index >= 15 is 0 Å². The lowest BCUT2D eigenvalue weighted by atomic mass is 9.80. The second-order valence-electron chi connectivity index (χ2n) is 9.05. The fraction of sp³-hybridized carbons (Fsp3) is 0.591. The second-order valence-corrected chi connectivity index (χ2v) is 9.05. The van der Waals surface area contributed by atoms with Gasteiger partial charge in [0.2, 0.25) is 18.7 Å². The highest BCUT2D eigenvalue weighted by atomic mass is 19.4. The first kappa shape index (κ1) is 23.4. The summed E-state index contributed by atoms with van der Waals surface area (Å²) < 4.78 is 64.6. The Balaban J connectivity index is 1.54. The fourth-order valence-corrected chi connectivity index (χ4v) is 5.11. The highest BCUT2D eigenvalue weighted by molar-refractivity contribution is 6.00. The molecule has 6 nitrogen and oxygen atoms in total. The second kappa shape index (κ2) is 8.57. The van der Waals surface area contributed by atoms with Crippen LogP contribution in [0.15, 0.2) is 24.3 Å². The molecule has 0 unspecified atom stereocenters. The highest BCUT2D eigenvalue weighted by Gasteiger charge is 2.60. The average molecular weight is 473 g/mol. The Morgan fingerprint density at radius 1 is 1.03 bits per heavy atom. The van der Waals surface area contributed by atoms with Crippen molar-refractivity contribution >= 4 is 18.2 Å². The van der Waals surface area contributed by atoms with E-state index in [0.29, 0.717) is 24.8 Å². The molecule has 0 bridgehead atoms. The van der Waals surface area contributed by atoms with Crippen LogP contribution in [0.5, 0.6) is 0 Å². The molecule has 1 aromatic rings. The lowest BCUT2D eigenvalue weighted by Gasteiger charge is -2.58. The summed E-state index contributed by atoms with van der Waals surface area (Å²) in [6, 6.07) is 4.05. The molecule has 11 heteroatoms. The maximum atomic E-state index is 13.5. The van der Waals surface area contributed by atoms with Crippen LogP contribution in [-0.4, -0.2) is 70.6 Å². The predicted octanol–water partition coefficient (Wildman–Crippen LogP) is 2.91. The van der Waals surface area contributed by atoms with Crippen molar-refractivity contribution in [2.24, 2.45) is 5.92 Å². The molecule has 2 heterocycles. The van der Waals surface area contributed by atoms with Crippen molar-refractivity contribution in [3.8, 4) is 0 Å². The maximum absolute atomic E-state index is 13.5. The van der Waals surface area contributed by atoms with Gasteiger partial charge in [-0.3, -0.25) is 14.4 Å². The summed E-state index contributed by atoms with van der Waals surface area (Å²) in [5.41, 5.74) is -1.68. The zero-order chi connectivity index (χ0) is 24.0. The minimum atomic E-state index is -4.49. The van der Waals surface area contributed by atoms with Crippen LogP contribution in [0.1, 0.15) is 36.8 Å². The van der Waals surface area contributed by atoms with E-state index in [1.165, 1.54) is 26.8 Å². The molecule has 0 N–H and O–H groups in total. The van der Waals surface area contributed by atoms with Gasteiger partial charge in [-0.15, -0.1) is 0 Å². The molecule has 180 valence electrons. The lowest BCUT2D eigenvalue weighted by molar-refractivity contribution is -0.183. The van der Waals surface area contributed by atoms with Gasteiger partial charge in [0.05, 0.1) is 18.7 Å². The van der Waals surface area contributed by atoms with Crippen LogP contribution in [-0.2, 0) is 27.1 Å². The molecule has 33 heavy (non-hydrogen) atoms. The largest absolute Gasteiger partial charge is 0.416 e. The van der Waals surface area contributed by atoms with Crippen LogP contribution < -0.4 is 0 Å². The van der Waals surface area contributed by atoms with Crippen molar-refractivity contribution in [2.75, 3.05) is 19.6 Å². The summed E-state index contributed by atoms with van der Waals surface area (Å²) >= 11 is 0. The Bertz CT molecular complexity index is 907. The molecule has 0 aromatic heterocycles. The number of amides is 3. The molecule has 3 fully saturated rings. The van der Waals surface area contributed by atoms with E-state index in [9.17, 15) is 36.3 Å². The van der Waals surface area contributed by atoms with E-state index in [4.69, 9.17) is 0 Å². The fourth-order valence-electron chi connectivity index (χ4n) is 5.11. The molecule has 2 saturated heterocycles. The number of alkyl halides is 5. The van der Waals surface area contributed by atoms with Gasteiger partial charge in [0.15, 0.2) is 5.54 Å². The summed E-state index contributed by atoms with van der Waals surface area (Å²) in [4.78, 5) is 42.0. The van der Waals surface area contributed by atoms with E-state index in [0.717, 1.165) is 12.1 Å². The number of hydrogen-bond donors (Lipinski definition) is 0. The number of likely N-dealkylation sites (tertiary alicyclic amines) is 1. The topological polar surface area (TPSA) is 60.9 Å². The number of piperazine rings is 1. The predicted molar refractivity (Wildman–Crippen MR) is 106 cm³/mol. The van der Waals surface area contributed by atoms with Crippen molar-refractivity contribution in [1.82, 2.24) is 14.7 Å². The summed E-state index contributed by atoms with van der Waals surface area (Å²) in [6.45, 7) is -0.303. The number of carbonyl (C=O) groups is 3. The number of benzene rings is 1. The normalized spacial score (nSPS) is 25.6. The van der Waals surface area contributed by atoms with Crippen molar-refractivity contribution in [3.05, 3.63) is 35.4 Å². The third-order valence-corrected chi connectivity index (χ3v) is 7.02. The minimum absolute atomic E-state index is 0.00934. The first-order valence-corrected chi connectivity index (χ1v) is 10.8. The molecule has 1 aromatic carbocycles. The van der Waals surface area contributed by atoms with Crippen LogP contribution in [0, 0.1) is 5.92 Å². The lowest BCUT2D eigenvalue weighted by Crippen LogP contribution is -2.80. The van der Waals surface area contributed by atoms with Gasteiger partial charge >= 0.3 is 6.18 Å². The summed E-state index contributed by atoms with van der Waals surface area (Å²) in [7, 11) is 0. The number of halogens is 5. The van der Waals surface area contributed by atoms with Crippen molar-refractivity contribution in [1.29, 1.82) is 0 Å². The number of carbonyl (C=O) groups excluding carboxylic acids is 3. The van der Waals surface area contributed by atoms with Crippen LogP contribution in [0.25, 0.3) is 0 Å². The molecular weight excluding hydrogens is 449 g/mol. The minimum Gasteiger partial charge on any atom is -0.339 e. The van der Waals surface area contributed by atoms with E-state index in [-0.39, 0.29) is 56.9 Å². The van der Waals surface area contributed by atoms with Gasteiger partial charge < -0.3 is 14.7 Å².